The van der Waals surface area contributed by atoms with Gasteiger partial charge in [0.25, 0.3) is 6.71 Å². The van der Waals surface area contributed by atoms with Crippen LogP contribution < -0.4 is 21.1 Å². The maximum atomic E-state index is 8.16. The summed E-state index contributed by atoms with van der Waals surface area (Å²) < 4.78 is 22.6. The van der Waals surface area contributed by atoms with E-state index in [1.807, 2.05) is 12.1 Å². The monoisotopic (exact) mass is 922 g/mol. The highest BCUT2D eigenvalue weighted by Crippen LogP contribution is 2.55. The van der Waals surface area contributed by atoms with Crippen LogP contribution in [0, 0.1) is 0 Å². The summed E-state index contributed by atoms with van der Waals surface area (Å²) in [6.45, 7) is -0.312. The van der Waals surface area contributed by atoms with Crippen LogP contribution in [0.5, 0.6) is 11.5 Å². The van der Waals surface area contributed by atoms with Crippen molar-refractivity contribution in [3.63, 3.8) is 0 Å². The first-order valence-electron chi connectivity index (χ1n) is 25.1. The fraction of sp³-hybridized carbons (Fsp3) is 0.0333. The molecule has 0 atom stereocenters. The molecule has 0 saturated carbocycles. The van der Waals surface area contributed by atoms with Gasteiger partial charge in [0, 0.05) is 65.4 Å². The van der Waals surface area contributed by atoms with Crippen molar-refractivity contribution in [3.8, 4) is 22.9 Å². The lowest BCUT2D eigenvalue weighted by Gasteiger charge is -2.38. The van der Waals surface area contributed by atoms with E-state index in [4.69, 9.17) is 51.8 Å². The molecule has 17 aromatic rings. The van der Waals surface area contributed by atoms with Gasteiger partial charge in [0.15, 0.2) is 0 Å². The summed E-state index contributed by atoms with van der Waals surface area (Å²) in [5.41, 5.74) is 20.6. The highest BCUT2D eigenvalue weighted by atomic mass is 16.5. The maximum absolute atomic E-state index is 8.16. The Labute approximate surface area is 426 Å². The fourth-order valence-electron chi connectivity index (χ4n) is 15.5. The third-order valence-electron chi connectivity index (χ3n) is 17.7. The standard InChI is InChI=1S/C60H25B7N6O/c61-59(62,63)42-30-14-3-7-22-36(30)70-53-49-40(32-18-9-16-28-26-12-1-5-20-34(26)68(49)47(28)32)55-45-51(53)72(57(42)70)38-24-11-25-39-44(38)67(45)46-52-54(71-37-23-8-4-15-31(37)43(60(64,65)66)58(71)73(39)52)50-41(56(46)74-55)33-19-10-17-29-27-13-2-6-21-35(27)69(50)48(29)33/h1-25H. The number of hydrogen-bond donors (Lipinski definition) is 0. The van der Waals surface area contributed by atoms with Crippen molar-refractivity contribution < 1.29 is 4.74 Å². The number of hydrogen-bond acceptors (Lipinski definition) is 1. The van der Waals surface area contributed by atoms with E-state index in [9.17, 15) is 0 Å². The highest BCUT2D eigenvalue weighted by molar-refractivity contribution is 7.02. The van der Waals surface area contributed by atoms with Crippen molar-refractivity contribution in [1.82, 2.24) is 26.7 Å². The minimum Gasteiger partial charge on any atom is -0.457 e. The number of benzene rings is 9. The van der Waals surface area contributed by atoms with E-state index in [2.05, 4.69) is 166 Å². The third kappa shape index (κ3) is 3.74. The van der Waals surface area contributed by atoms with Gasteiger partial charge in [-0.25, -0.2) is 0 Å². The van der Waals surface area contributed by atoms with Gasteiger partial charge in [-0.15, -0.1) is 10.2 Å². The molecule has 0 aliphatic carbocycles. The minimum atomic E-state index is -1.74. The normalized spacial score (nSPS) is 14.4. The Kier molecular flexibility index (Phi) is 6.01. The van der Waals surface area contributed by atoms with Crippen LogP contribution in [0.2, 0.25) is 0 Å². The van der Waals surface area contributed by atoms with Crippen molar-refractivity contribution in [2.24, 2.45) is 0 Å². The molecular formula is C60H25B7N6O. The van der Waals surface area contributed by atoms with Crippen LogP contribution in [0.25, 0.3) is 143 Å². The largest absolute Gasteiger partial charge is 0.457 e. The van der Waals surface area contributed by atoms with Crippen LogP contribution in [0.1, 0.15) is 11.1 Å². The molecule has 9 aromatic carbocycles. The quantitative estimate of drug-likeness (QED) is 0.160. The van der Waals surface area contributed by atoms with Gasteiger partial charge in [0.2, 0.25) is 0 Å². The van der Waals surface area contributed by atoms with Gasteiger partial charge in [-0.2, -0.15) is 0 Å². The predicted octanol–water partition coefficient (Wildman–Crippen LogP) is 9.17. The van der Waals surface area contributed by atoms with E-state index in [1.165, 1.54) is 21.5 Å². The van der Waals surface area contributed by atoms with E-state index >= 15 is 0 Å². The van der Waals surface area contributed by atoms with E-state index < -0.39 is 10.2 Å². The van der Waals surface area contributed by atoms with E-state index in [0.717, 1.165) is 149 Å². The molecular weight excluding hydrogens is 896 g/mol. The average molecular weight is 922 g/mol. The van der Waals surface area contributed by atoms with Crippen molar-refractivity contribution in [1.29, 1.82) is 0 Å². The lowest BCUT2D eigenvalue weighted by atomic mass is 9.33. The molecule has 8 aromatic heterocycles. The van der Waals surface area contributed by atoms with Crippen LogP contribution in [-0.4, -0.2) is 80.5 Å². The summed E-state index contributed by atoms with van der Waals surface area (Å²) in [5.74, 6) is 1.66. The molecule has 3 aliphatic heterocycles. The van der Waals surface area contributed by atoms with Gasteiger partial charge in [-0.05, 0) is 53.0 Å². The predicted molar refractivity (Wildman–Crippen MR) is 309 cm³/mol. The first-order chi connectivity index (χ1) is 36.1. The molecule has 0 saturated heterocycles. The average Bonchev–Trinajstić information content (AvgIpc) is 4.29. The number of fused-ring (bicyclic) bond motifs is 28. The van der Waals surface area contributed by atoms with Crippen LogP contribution in [-0.2, 0) is 10.2 Å². The molecule has 3 aliphatic rings. The lowest BCUT2D eigenvalue weighted by Crippen LogP contribution is -2.61. The van der Waals surface area contributed by atoms with E-state index in [-0.39, 0.29) is 6.71 Å². The van der Waals surface area contributed by atoms with E-state index in [0.29, 0.717) is 11.1 Å². The summed E-state index contributed by atoms with van der Waals surface area (Å²) >= 11 is 0. The molecule has 7 nitrogen and oxygen atoms in total. The highest BCUT2D eigenvalue weighted by Gasteiger charge is 2.51. The first-order valence-corrected chi connectivity index (χ1v) is 25.1. The Morgan fingerprint density at radius 1 is 0.324 bits per heavy atom. The van der Waals surface area contributed by atoms with Gasteiger partial charge < -0.3 is 13.5 Å². The van der Waals surface area contributed by atoms with Gasteiger partial charge in [-0.1, -0.05) is 115 Å². The molecule has 11 heterocycles. The summed E-state index contributed by atoms with van der Waals surface area (Å²) in [5, 5.41) is 7.31. The number of nitrogens with zero attached hydrogens (tertiary/aromatic N) is 6. The zero-order valence-electron chi connectivity index (χ0n) is 39.1. The molecule has 12 radical (unpaired) electrons. The molecule has 0 bridgehead atoms. The minimum absolute atomic E-state index is 0.312. The van der Waals surface area contributed by atoms with Crippen molar-refractivity contribution >= 4 is 202 Å². The van der Waals surface area contributed by atoms with Gasteiger partial charge in [0.1, 0.15) is 22.8 Å². The summed E-state index contributed by atoms with van der Waals surface area (Å²) in [4.78, 5) is 0. The number of ether oxygens (including phenoxy) is 1. The summed E-state index contributed by atoms with van der Waals surface area (Å²) in [6, 6.07) is 54.2. The first kappa shape index (κ1) is 38.2. The Morgan fingerprint density at radius 3 is 1.12 bits per heavy atom. The van der Waals surface area contributed by atoms with E-state index in [1.54, 1.807) is 0 Å². The number of aromatic nitrogens is 6. The van der Waals surface area contributed by atoms with Gasteiger partial charge in [-0.3, -0.25) is 17.9 Å². The fourth-order valence-corrected chi connectivity index (χ4v) is 15.5. The zero-order chi connectivity index (χ0) is 48.5. The third-order valence-corrected chi connectivity index (χ3v) is 17.7. The second-order valence-electron chi connectivity index (χ2n) is 21.3. The molecule has 0 spiro atoms. The van der Waals surface area contributed by atoms with Crippen LogP contribution >= 0.6 is 0 Å². The lowest BCUT2D eigenvalue weighted by molar-refractivity contribution is 0.500. The number of rotatable bonds is 2. The molecule has 20 rings (SSSR count). The molecule has 0 N–H and O–H groups in total. The van der Waals surface area contributed by atoms with Crippen LogP contribution in [0.3, 0.4) is 0 Å². The number of para-hydroxylation sites is 6. The molecule has 322 valence electrons. The summed E-state index contributed by atoms with van der Waals surface area (Å²) in [6.07, 6.45) is 0. The Bertz CT molecular complexity index is 5300. The molecule has 0 unspecified atom stereocenters. The maximum Gasteiger partial charge on any atom is 0.262 e. The smallest absolute Gasteiger partial charge is 0.262 e. The number of imidazole rings is 2. The van der Waals surface area contributed by atoms with Crippen molar-refractivity contribution in [2.75, 3.05) is 0 Å². The Hall–Kier alpha value is -8.49. The summed E-state index contributed by atoms with van der Waals surface area (Å²) in [7, 11) is 42.3. The molecule has 0 amide bonds. The molecule has 0 fully saturated rings. The Morgan fingerprint density at radius 2 is 0.689 bits per heavy atom. The van der Waals surface area contributed by atoms with Crippen LogP contribution in [0.15, 0.2) is 152 Å². The second kappa shape index (κ2) is 11.6. The second-order valence-corrected chi connectivity index (χ2v) is 21.3. The van der Waals surface area contributed by atoms with Gasteiger partial charge in [0.05, 0.1) is 124 Å². The Balaban J connectivity index is 1.13. The SMILES string of the molecule is [B]C([B])([B])c1c2ccccc2n2c3c4c5c(c6c7cccc8c9ccccc9n(c87)c63)Oc3c6c7c(c8c3c3cccc9c%10ccccc%10n8c93)n3c8ccccc8c(C([B])([B])[B])c3n7-c3cccc(c3B56)-n4c12. The topological polar surface area (TPSA) is 36.7 Å². The van der Waals surface area contributed by atoms with Crippen molar-refractivity contribution in [3.05, 3.63) is 163 Å². The molecule has 74 heavy (non-hydrogen) atoms. The van der Waals surface area contributed by atoms with Gasteiger partial charge >= 0.3 is 0 Å². The zero-order valence-corrected chi connectivity index (χ0v) is 39.1. The molecule has 14 heteroatoms. The van der Waals surface area contributed by atoms with Crippen molar-refractivity contribution in [2.45, 2.75) is 10.2 Å². The van der Waals surface area contributed by atoms with Crippen LogP contribution in [0.4, 0.5) is 0 Å².